The number of aromatic nitrogens is 2. The van der Waals surface area contributed by atoms with Crippen molar-refractivity contribution in [3.63, 3.8) is 0 Å². The van der Waals surface area contributed by atoms with Crippen molar-refractivity contribution in [3.05, 3.63) is 30.1 Å². The van der Waals surface area contributed by atoms with Crippen molar-refractivity contribution in [2.24, 2.45) is 12.8 Å². The summed E-state index contributed by atoms with van der Waals surface area (Å²) >= 11 is 0. The van der Waals surface area contributed by atoms with Crippen molar-refractivity contribution >= 4 is 16.9 Å². The van der Waals surface area contributed by atoms with Crippen LogP contribution in [0.5, 0.6) is 0 Å². The maximum atomic E-state index is 10.8. The molecule has 1 amide bonds. The molecule has 0 atom stereocenters. The number of para-hydroxylation sites is 2. The molecule has 0 unspecified atom stereocenters. The molecular formula is C10H11N3O. The largest absolute Gasteiger partial charge is 0.369 e. The van der Waals surface area contributed by atoms with Gasteiger partial charge < -0.3 is 10.3 Å². The van der Waals surface area contributed by atoms with Crippen LogP contribution in [0.4, 0.5) is 0 Å². The first-order valence-electron chi connectivity index (χ1n) is 4.37. The molecule has 14 heavy (non-hydrogen) atoms. The van der Waals surface area contributed by atoms with Crippen LogP contribution >= 0.6 is 0 Å². The Morgan fingerprint density at radius 3 is 2.86 bits per heavy atom. The number of nitrogens with zero attached hydrogens (tertiary/aromatic N) is 2. The summed E-state index contributed by atoms with van der Waals surface area (Å²) in [6.45, 7) is 0. The summed E-state index contributed by atoms with van der Waals surface area (Å²) < 4.78 is 1.89. The third-order valence-electron chi connectivity index (χ3n) is 2.21. The molecule has 0 saturated heterocycles. The fourth-order valence-corrected chi connectivity index (χ4v) is 1.51. The number of carbonyl (C=O) groups is 1. The summed E-state index contributed by atoms with van der Waals surface area (Å²) in [4.78, 5) is 15.1. The molecule has 72 valence electrons. The standard InChI is InChI=1S/C10H11N3O/c1-13-8-5-3-2-4-7(8)12-10(13)6-9(11)14/h2-5H,6H2,1H3,(H2,11,14). The van der Waals surface area contributed by atoms with Gasteiger partial charge in [-0.2, -0.15) is 0 Å². The highest BCUT2D eigenvalue weighted by Gasteiger charge is 2.08. The van der Waals surface area contributed by atoms with E-state index in [9.17, 15) is 4.79 Å². The Balaban J connectivity index is 2.57. The number of imidazole rings is 1. The first kappa shape index (κ1) is 8.74. The van der Waals surface area contributed by atoms with E-state index in [4.69, 9.17) is 5.73 Å². The Morgan fingerprint density at radius 2 is 2.21 bits per heavy atom. The van der Waals surface area contributed by atoms with Gasteiger partial charge in [-0.1, -0.05) is 12.1 Å². The lowest BCUT2D eigenvalue weighted by Gasteiger charge is -1.98. The summed E-state index contributed by atoms with van der Waals surface area (Å²) in [5.41, 5.74) is 7.03. The SMILES string of the molecule is Cn1c(CC(N)=O)nc2ccccc21. The number of amides is 1. The average Bonchev–Trinajstić information content (AvgIpc) is 2.44. The Labute approximate surface area is 81.3 Å². The van der Waals surface area contributed by atoms with Gasteiger partial charge in [-0.3, -0.25) is 4.79 Å². The lowest BCUT2D eigenvalue weighted by molar-refractivity contribution is -0.117. The summed E-state index contributed by atoms with van der Waals surface area (Å²) in [6, 6.07) is 7.74. The number of rotatable bonds is 2. The summed E-state index contributed by atoms with van der Waals surface area (Å²) in [7, 11) is 1.88. The van der Waals surface area contributed by atoms with Crippen molar-refractivity contribution in [2.75, 3.05) is 0 Å². The predicted molar refractivity (Wildman–Crippen MR) is 53.6 cm³/mol. The molecule has 2 rings (SSSR count). The Kier molecular flexibility index (Phi) is 1.96. The van der Waals surface area contributed by atoms with Crippen LogP contribution < -0.4 is 5.73 Å². The predicted octanol–water partition coefficient (Wildman–Crippen LogP) is 0.601. The highest BCUT2D eigenvalue weighted by Crippen LogP contribution is 2.14. The van der Waals surface area contributed by atoms with Crippen LogP contribution in [0.25, 0.3) is 11.0 Å². The number of carbonyl (C=O) groups excluding carboxylic acids is 1. The second-order valence-corrected chi connectivity index (χ2v) is 3.22. The van der Waals surface area contributed by atoms with E-state index in [0.29, 0.717) is 5.82 Å². The summed E-state index contributed by atoms with van der Waals surface area (Å²) in [5, 5.41) is 0. The minimum Gasteiger partial charge on any atom is -0.369 e. The third-order valence-corrected chi connectivity index (χ3v) is 2.21. The lowest BCUT2D eigenvalue weighted by atomic mass is 10.3. The maximum Gasteiger partial charge on any atom is 0.225 e. The number of aryl methyl sites for hydroxylation is 1. The number of nitrogens with two attached hydrogens (primary N) is 1. The van der Waals surface area contributed by atoms with Gasteiger partial charge in [-0.15, -0.1) is 0 Å². The molecule has 0 bridgehead atoms. The first-order chi connectivity index (χ1) is 6.68. The molecule has 1 heterocycles. The molecule has 2 N–H and O–H groups in total. The summed E-state index contributed by atoms with van der Waals surface area (Å²) in [6.07, 6.45) is 0.186. The van der Waals surface area contributed by atoms with Crippen LogP contribution in [0, 0.1) is 0 Å². The highest BCUT2D eigenvalue weighted by molar-refractivity contribution is 5.79. The van der Waals surface area contributed by atoms with Crippen LogP contribution in [0.1, 0.15) is 5.82 Å². The zero-order valence-corrected chi connectivity index (χ0v) is 7.90. The van der Waals surface area contributed by atoms with E-state index in [1.54, 1.807) is 0 Å². The molecule has 0 aliphatic heterocycles. The second-order valence-electron chi connectivity index (χ2n) is 3.22. The Hall–Kier alpha value is -1.84. The molecule has 2 aromatic rings. The molecule has 0 fully saturated rings. The van der Waals surface area contributed by atoms with Crippen molar-refractivity contribution in [3.8, 4) is 0 Å². The molecule has 0 radical (unpaired) electrons. The van der Waals surface area contributed by atoms with Crippen LogP contribution in [-0.2, 0) is 18.3 Å². The Morgan fingerprint density at radius 1 is 1.50 bits per heavy atom. The molecule has 4 nitrogen and oxygen atoms in total. The van der Waals surface area contributed by atoms with Gasteiger partial charge in [0.25, 0.3) is 0 Å². The number of benzene rings is 1. The van der Waals surface area contributed by atoms with E-state index in [2.05, 4.69) is 4.98 Å². The minimum absolute atomic E-state index is 0.186. The van der Waals surface area contributed by atoms with Crippen molar-refractivity contribution in [2.45, 2.75) is 6.42 Å². The summed E-state index contributed by atoms with van der Waals surface area (Å²) in [5.74, 6) is 0.349. The van der Waals surface area contributed by atoms with Gasteiger partial charge in [0, 0.05) is 7.05 Å². The molecule has 1 aromatic heterocycles. The van der Waals surface area contributed by atoms with Gasteiger partial charge >= 0.3 is 0 Å². The van der Waals surface area contributed by atoms with Gasteiger partial charge in [0.05, 0.1) is 17.5 Å². The number of hydrogen-bond acceptors (Lipinski definition) is 2. The van der Waals surface area contributed by atoms with Crippen molar-refractivity contribution in [1.82, 2.24) is 9.55 Å². The molecule has 0 aliphatic rings. The van der Waals surface area contributed by atoms with Gasteiger partial charge in [0.2, 0.25) is 5.91 Å². The van der Waals surface area contributed by atoms with Gasteiger partial charge in [0.1, 0.15) is 5.82 Å². The first-order valence-corrected chi connectivity index (χ1v) is 4.37. The number of fused-ring (bicyclic) bond motifs is 1. The van der Waals surface area contributed by atoms with Gasteiger partial charge in [-0.05, 0) is 12.1 Å². The lowest BCUT2D eigenvalue weighted by Crippen LogP contribution is -2.16. The molecule has 0 aliphatic carbocycles. The number of hydrogen-bond donors (Lipinski definition) is 1. The molecule has 0 saturated carbocycles. The zero-order chi connectivity index (χ0) is 10.1. The minimum atomic E-state index is -0.358. The second kappa shape index (κ2) is 3.14. The van der Waals surface area contributed by atoms with Crippen LogP contribution in [-0.4, -0.2) is 15.5 Å². The molecule has 4 heteroatoms. The molecule has 1 aromatic carbocycles. The van der Waals surface area contributed by atoms with Crippen molar-refractivity contribution in [1.29, 1.82) is 0 Å². The van der Waals surface area contributed by atoms with Crippen molar-refractivity contribution < 1.29 is 4.79 Å². The maximum absolute atomic E-state index is 10.8. The van der Waals surface area contributed by atoms with E-state index >= 15 is 0 Å². The average molecular weight is 189 g/mol. The highest BCUT2D eigenvalue weighted by atomic mass is 16.1. The van der Waals surface area contributed by atoms with E-state index in [1.165, 1.54) is 0 Å². The quantitative estimate of drug-likeness (QED) is 0.752. The van der Waals surface area contributed by atoms with E-state index in [0.717, 1.165) is 11.0 Å². The van der Waals surface area contributed by atoms with E-state index in [-0.39, 0.29) is 12.3 Å². The van der Waals surface area contributed by atoms with Crippen LogP contribution in [0.3, 0.4) is 0 Å². The Bertz CT molecular complexity index is 487. The fourth-order valence-electron chi connectivity index (χ4n) is 1.51. The van der Waals surface area contributed by atoms with Gasteiger partial charge in [-0.25, -0.2) is 4.98 Å². The third kappa shape index (κ3) is 1.35. The van der Waals surface area contributed by atoms with Crippen LogP contribution in [0.15, 0.2) is 24.3 Å². The van der Waals surface area contributed by atoms with Gasteiger partial charge in [0.15, 0.2) is 0 Å². The number of primary amides is 1. The normalized spacial score (nSPS) is 10.6. The van der Waals surface area contributed by atoms with E-state index in [1.807, 2.05) is 35.9 Å². The smallest absolute Gasteiger partial charge is 0.225 e. The fraction of sp³-hybridized carbons (Fsp3) is 0.200. The van der Waals surface area contributed by atoms with E-state index < -0.39 is 0 Å². The molecular weight excluding hydrogens is 178 g/mol. The topological polar surface area (TPSA) is 60.9 Å². The monoisotopic (exact) mass is 189 g/mol. The zero-order valence-electron chi connectivity index (χ0n) is 7.90. The van der Waals surface area contributed by atoms with Crippen LogP contribution in [0.2, 0.25) is 0 Å². The molecule has 0 spiro atoms.